The Bertz CT molecular complexity index is 1260. The van der Waals surface area contributed by atoms with Crippen molar-refractivity contribution in [2.45, 2.75) is 19.6 Å². The van der Waals surface area contributed by atoms with Gasteiger partial charge in [-0.3, -0.25) is 14.0 Å². The molecule has 190 valence electrons. The predicted molar refractivity (Wildman–Crippen MR) is 143 cm³/mol. The molecule has 0 unspecified atom stereocenters. The van der Waals surface area contributed by atoms with Crippen LogP contribution in [0.3, 0.4) is 0 Å². The van der Waals surface area contributed by atoms with Gasteiger partial charge in [0, 0.05) is 36.8 Å². The zero-order chi connectivity index (χ0) is 25.5. The molecule has 1 N–H and O–H groups in total. The Hall–Kier alpha value is -2.91. The van der Waals surface area contributed by atoms with Crippen molar-refractivity contribution in [1.29, 1.82) is 0 Å². The molecular formula is C27H30ClN3O4S. The molecule has 3 aromatic rings. The first-order chi connectivity index (χ1) is 17.3. The van der Waals surface area contributed by atoms with E-state index in [-0.39, 0.29) is 12.5 Å². The molecule has 3 aromatic carbocycles. The van der Waals surface area contributed by atoms with Gasteiger partial charge in [0.25, 0.3) is 5.91 Å². The van der Waals surface area contributed by atoms with Crippen LogP contribution < -0.4 is 9.62 Å². The van der Waals surface area contributed by atoms with Gasteiger partial charge in [-0.2, -0.15) is 0 Å². The first kappa shape index (κ1) is 26.2. The molecule has 0 aromatic heterocycles. The zero-order valence-electron chi connectivity index (χ0n) is 20.2. The van der Waals surface area contributed by atoms with Gasteiger partial charge in [-0.15, -0.1) is 0 Å². The van der Waals surface area contributed by atoms with E-state index in [1.54, 1.807) is 48.5 Å². The zero-order valence-corrected chi connectivity index (χ0v) is 21.8. The van der Waals surface area contributed by atoms with Crippen molar-refractivity contribution in [3.05, 3.63) is 100 Å². The molecule has 1 fully saturated rings. The number of carbonyl (C=O) groups is 1. The first-order valence-electron chi connectivity index (χ1n) is 11.8. The van der Waals surface area contributed by atoms with Crippen molar-refractivity contribution in [1.82, 2.24) is 10.2 Å². The van der Waals surface area contributed by atoms with E-state index in [1.165, 1.54) is 9.87 Å². The van der Waals surface area contributed by atoms with Crippen LogP contribution in [-0.2, 0) is 34.4 Å². The second-order valence-electron chi connectivity index (χ2n) is 8.83. The minimum Gasteiger partial charge on any atom is -0.379 e. The quantitative estimate of drug-likeness (QED) is 0.454. The summed E-state index contributed by atoms with van der Waals surface area (Å²) in [6.07, 6.45) is 1.16. The molecule has 1 aliphatic heterocycles. The number of morpholine rings is 1. The van der Waals surface area contributed by atoms with Gasteiger partial charge in [0.1, 0.15) is 0 Å². The van der Waals surface area contributed by atoms with Crippen molar-refractivity contribution in [2.75, 3.05) is 36.9 Å². The van der Waals surface area contributed by atoms with Gasteiger partial charge < -0.3 is 10.1 Å². The summed E-state index contributed by atoms with van der Waals surface area (Å²) in [5, 5.41) is 3.52. The van der Waals surface area contributed by atoms with Crippen LogP contribution in [0, 0.1) is 0 Å². The maximum atomic E-state index is 12.7. The Morgan fingerprint density at radius 2 is 1.50 bits per heavy atom. The summed E-state index contributed by atoms with van der Waals surface area (Å²) in [5.41, 5.74) is 4.00. The number of rotatable bonds is 9. The molecule has 1 saturated heterocycles. The van der Waals surface area contributed by atoms with Crippen molar-refractivity contribution in [3.63, 3.8) is 0 Å². The van der Waals surface area contributed by atoms with Gasteiger partial charge in [-0.25, -0.2) is 8.42 Å². The molecule has 0 spiro atoms. The molecule has 1 aliphatic rings. The summed E-state index contributed by atoms with van der Waals surface area (Å²) in [6.45, 7) is 4.91. The molecule has 0 bridgehead atoms. The molecule has 7 nitrogen and oxygen atoms in total. The van der Waals surface area contributed by atoms with E-state index in [0.717, 1.165) is 50.2 Å². The average Bonchev–Trinajstić information content (AvgIpc) is 2.88. The van der Waals surface area contributed by atoms with Crippen molar-refractivity contribution >= 4 is 33.2 Å². The number of ether oxygens (including phenoxy) is 1. The third-order valence-electron chi connectivity index (χ3n) is 6.04. The van der Waals surface area contributed by atoms with Gasteiger partial charge in [0.15, 0.2) is 0 Å². The van der Waals surface area contributed by atoms with E-state index in [2.05, 4.69) is 22.3 Å². The van der Waals surface area contributed by atoms with E-state index >= 15 is 0 Å². The lowest BCUT2D eigenvalue weighted by Crippen LogP contribution is -2.35. The van der Waals surface area contributed by atoms with Gasteiger partial charge in [-0.1, -0.05) is 48.0 Å². The molecular weight excluding hydrogens is 498 g/mol. The van der Waals surface area contributed by atoms with Crippen LogP contribution in [0.1, 0.15) is 27.0 Å². The highest BCUT2D eigenvalue weighted by Gasteiger charge is 2.18. The second kappa shape index (κ2) is 11.9. The normalized spacial score (nSPS) is 14.4. The monoisotopic (exact) mass is 527 g/mol. The average molecular weight is 528 g/mol. The lowest BCUT2D eigenvalue weighted by molar-refractivity contribution is 0.0342. The van der Waals surface area contributed by atoms with Crippen LogP contribution in [0.15, 0.2) is 72.8 Å². The summed E-state index contributed by atoms with van der Waals surface area (Å²) in [6, 6.07) is 21.8. The standard InChI is InChI=1S/C27H30ClN3O4S/c1-36(33,34)31(20-23-6-10-25(28)11-7-23)26-12-8-24(9-13-26)27(32)29-18-21-2-4-22(5-3-21)19-30-14-16-35-17-15-30/h2-13H,14-20H2,1H3,(H,29,32). The topological polar surface area (TPSA) is 79.0 Å². The largest absolute Gasteiger partial charge is 0.379 e. The number of carbonyl (C=O) groups excluding carboxylic acids is 1. The second-order valence-corrected chi connectivity index (χ2v) is 11.2. The van der Waals surface area contributed by atoms with E-state index < -0.39 is 10.0 Å². The third kappa shape index (κ3) is 7.30. The maximum Gasteiger partial charge on any atom is 0.251 e. The van der Waals surface area contributed by atoms with E-state index in [4.69, 9.17) is 16.3 Å². The number of nitrogens with one attached hydrogen (secondary N) is 1. The van der Waals surface area contributed by atoms with Gasteiger partial charge in [0.2, 0.25) is 10.0 Å². The van der Waals surface area contributed by atoms with Crippen molar-refractivity contribution < 1.29 is 17.9 Å². The summed E-state index contributed by atoms with van der Waals surface area (Å²) in [5.74, 6) is -0.220. The first-order valence-corrected chi connectivity index (χ1v) is 14.0. The van der Waals surface area contributed by atoms with E-state index in [0.29, 0.717) is 22.8 Å². The highest BCUT2D eigenvalue weighted by Crippen LogP contribution is 2.22. The fourth-order valence-electron chi connectivity index (χ4n) is 4.00. The number of halogens is 1. The summed E-state index contributed by atoms with van der Waals surface area (Å²) < 4.78 is 31.6. The van der Waals surface area contributed by atoms with Crippen LogP contribution in [0.4, 0.5) is 5.69 Å². The number of hydrogen-bond donors (Lipinski definition) is 1. The molecule has 9 heteroatoms. The summed E-state index contributed by atoms with van der Waals surface area (Å²) in [4.78, 5) is 15.0. The highest BCUT2D eigenvalue weighted by atomic mass is 35.5. The molecule has 4 rings (SSSR count). The Morgan fingerprint density at radius 3 is 2.11 bits per heavy atom. The molecule has 0 aliphatic carbocycles. The Morgan fingerprint density at radius 1 is 0.917 bits per heavy atom. The molecule has 36 heavy (non-hydrogen) atoms. The molecule has 0 radical (unpaired) electrons. The molecule has 0 atom stereocenters. The number of hydrogen-bond acceptors (Lipinski definition) is 5. The fourth-order valence-corrected chi connectivity index (χ4v) is 5.01. The maximum absolute atomic E-state index is 12.7. The minimum atomic E-state index is -3.53. The van der Waals surface area contributed by atoms with Gasteiger partial charge in [0.05, 0.1) is 31.7 Å². The Balaban J connectivity index is 1.34. The van der Waals surface area contributed by atoms with Gasteiger partial charge in [-0.05, 0) is 53.1 Å². The minimum absolute atomic E-state index is 0.170. The predicted octanol–water partition coefficient (Wildman–Crippen LogP) is 4.07. The van der Waals surface area contributed by atoms with Crippen LogP contribution >= 0.6 is 11.6 Å². The Labute approximate surface area is 217 Å². The summed E-state index contributed by atoms with van der Waals surface area (Å²) >= 11 is 5.93. The Kier molecular flexibility index (Phi) is 8.64. The van der Waals surface area contributed by atoms with Crippen LogP contribution in [-0.4, -0.2) is 51.8 Å². The summed E-state index contributed by atoms with van der Waals surface area (Å²) in [7, 11) is -3.53. The number of sulfonamides is 1. The fraction of sp³-hybridized carbons (Fsp3) is 0.296. The number of amides is 1. The SMILES string of the molecule is CS(=O)(=O)N(Cc1ccc(Cl)cc1)c1ccc(C(=O)NCc2ccc(CN3CCOCC3)cc2)cc1. The highest BCUT2D eigenvalue weighted by molar-refractivity contribution is 7.92. The lowest BCUT2D eigenvalue weighted by Gasteiger charge is -2.26. The van der Waals surface area contributed by atoms with Gasteiger partial charge >= 0.3 is 0 Å². The van der Waals surface area contributed by atoms with Crippen molar-refractivity contribution in [2.24, 2.45) is 0 Å². The third-order valence-corrected chi connectivity index (χ3v) is 7.44. The van der Waals surface area contributed by atoms with Crippen LogP contribution in [0.5, 0.6) is 0 Å². The molecule has 0 saturated carbocycles. The molecule has 1 amide bonds. The van der Waals surface area contributed by atoms with Crippen LogP contribution in [0.25, 0.3) is 0 Å². The van der Waals surface area contributed by atoms with Crippen molar-refractivity contribution in [3.8, 4) is 0 Å². The number of anilines is 1. The van der Waals surface area contributed by atoms with E-state index in [9.17, 15) is 13.2 Å². The number of benzene rings is 3. The lowest BCUT2D eigenvalue weighted by atomic mass is 10.1. The molecule has 1 heterocycles. The van der Waals surface area contributed by atoms with Crippen LogP contribution in [0.2, 0.25) is 5.02 Å². The van der Waals surface area contributed by atoms with E-state index in [1.807, 2.05) is 12.1 Å². The number of nitrogens with zero attached hydrogens (tertiary/aromatic N) is 2. The smallest absolute Gasteiger partial charge is 0.251 e.